The first-order valence-corrected chi connectivity index (χ1v) is 8.14. The Morgan fingerprint density at radius 3 is 2.00 bits per heavy atom. The number of aryl methyl sites for hydroxylation is 1. The summed E-state index contributed by atoms with van der Waals surface area (Å²) >= 11 is 0. The second-order valence-electron chi connectivity index (χ2n) is 8.12. The average Bonchev–Trinajstić information content (AvgIpc) is 2.84. The van der Waals surface area contributed by atoms with Gasteiger partial charge in [0.25, 0.3) is 0 Å². The van der Waals surface area contributed by atoms with E-state index in [2.05, 4.69) is 72.8 Å². The highest BCUT2D eigenvalue weighted by molar-refractivity contribution is 5.56. The zero-order valence-corrected chi connectivity index (χ0v) is 15.4. The van der Waals surface area contributed by atoms with Crippen LogP contribution in [0, 0.1) is 6.92 Å². The number of ether oxygens (including phenoxy) is 1. The molecule has 0 aliphatic heterocycles. The second-order valence-corrected chi connectivity index (χ2v) is 8.12. The number of methoxy groups -OCH3 is 1. The van der Waals surface area contributed by atoms with E-state index >= 15 is 0 Å². The summed E-state index contributed by atoms with van der Waals surface area (Å²) in [5, 5.41) is 0. The molecule has 1 heteroatoms. The third-order valence-electron chi connectivity index (χ3n) is 4.69. The smallest absolute Gasteiger partial charge is 0.126 e. The molecule has 0 unspecified atom stereocenters. The first-order chi connectivity index (χ1) is 10.1. The molecule has 0 bridgehead atoms. The predicted octanol–water partition coefficient (Wildman–Crippen LogP) is 5.86. The SMILES string of the molecule is COc1c(C(C)(C)C)cc(C)cc1C(C)(C)C1=CCC(C)=C1. The molecule has 0 spiro atoms. The minimum Gasteiger partial charge on any atom is -0.496 e. The number of benzene rings is 1. The highest BCUT2D eigenvalue weighted by atomic mass is 16.5. The van der Waals surface area contributed by atoms with Gasteiger partial charge in [-0.2, -0.15) is 0 Å². The van der Waals surface area contributed by atoms with Gasteiger partial charge in [-0.15, -0.1) is 0 Å². The first kappa shape index (κ1) is 16.9. The lowest BCUT2D eigenvalue weighted by molar-refractivity contribution is 0.384. The molecule has 0 atom stereocenters. The van der Waals surface area contributed by atoms with Crippen LogP contribution in [0.15, 0.2) is 35.4 Å². The Kier molecular flexibility index (Phi) is 4.30. The Morgan fingerprint density at radius 2 is 1.55 bits per heavy atom. The van der Waals surface area contributed by atoms with Crippen LogP contribution >= 0.6 is 0 Å². The Bertz CT molecular complexity index is 637. The van der Waals surface area contributed by atoms with Gasteiger partial charge >= 0.3 is 0 Å². The van der Waals surface area contributed by atoms with Crippen molar-refractivity contribution in [3.8, 4) is 5.75 Å². The highest BCUT2D eigenvalue weighted by Gasteiger charge is 2.32. The lowest BCUT2D eigenvalue weighted by atomic mass is 9.74. The van der Waals surface area contributed by atoms with Crippen molar-refractivity contribution in [2.24, 2.45) is 0 Å². The summed E-state index contributed by atoms with van der Waals surface area (Å²) in [4.78, 5) is 0. The Morgan fingerprint density at radius 1 is 0.955 bits per heavy atom. The van der Waals surface area contributed by atoms with E-state index in [0.717, 1.165) is 12.2 Å². The van der Waals surface area contributed by atoms with Gasteiger partial charge in [0.2, 0.25) is 0 Å². The van der Waals surface area contributed by atoms with Crippen LogP contribution < -0.4 is 4.74 Å². The molecule has 1 aliphatic rings. The summed E-state index contributed by atoms with van der Waals surface area (Å²) < 4.78 is 5.88. The molecule has 1 aromatic rings. The number of rotatable bonds is 3. The molecule has 22 heavy (non-hydrogen) atoms. The van der Waals surface area contributed by atoms with Gasteiger partial charge in [-0.25, -0.2) is 0 Å². The second kappa shape index (κ2) is 5.61. The molecule has 0 fully saturated rings. The van der Waals surface area contributed by atoms with E-state index in [1.54, 1.807) is 7.11 Å². The van der Waals surface area contributed by atoms with Crippen molar-refractivity contribution in [3.63, 3.8) is 0 Å². The molecule has 0 saturated carbocycles. The van der Waals surface area contributed by atoms with Gasteiger partial charge < -0.3 is 4.74 Å². The van der Waals surface area contributed by atoms with E-state index in [1.165, 1.54) is 27.8 Å². The molecule has 0 radical (unpaired) electrons. The van der Waals surface area contributed by atoms with Gasteiger partial charge in [0.1, 0.15) is 5.75 Å². The van der Waals surface area contributed by atoms with Crippen molar-refractivity contribution in [1.82, 2.24) is 0 Å². The maximum absolute atomic E-state index is 5.88. The Hall–Kier alpha value is -1.50. The van der Waals surface area contributed by atoms with E-state index in [9.17, 15) is 0 Å². The van der Waals surface area contributed by atoms with Crippen LogP contribution in [-0.4, -0.2) is 7.11 Å². The van der Waals surface area contributed by atoms with Crippen LogP contribution in [0.2, 0.25) is 0 Å². The quantitative estimate of drug-likeness (QED) is 0.679. The average molecular weight is 298 g/mol. The zero-order chi connectivity index (χ0) is 16.7. The molecule has 1 nitrogen and oxygen atoms in total. The van der Waals surface area contributed by atoms with E-state index < -0.39 is 0 Å². The third-order valence-corrected chi connectivity index (χ3v) is 4.69. The van der Waals surface area contributed by atoms with Crippen LogP contribution in [0.25, 0.3) is 0 Å². The summed E-state index contributed by atoms with van der Waals surface area (Å²) in [7, 11) is 1.80. The molecular weight excluding hydrogens is 268 g/mol. The zero-order valence-electron chi connectivity index (χ0n) is 15.4. The Balaban J connectivity index is 2.67. The molecule has 1 aromatic carbocycles. The molecule has 0 saturated heterocycles. The molecule has 0 N–H and O–H groups in total. The number of hydrogen-bond donors (Lipinski definition) is 0. The van der Waals surface area contributed by atoms with Gasteiger partial charge in [0, 0.05) is 16.5 Å². The Labute approximate surface area is 136 Å². The van der Waals surface area contributed by atoms with Crippen LogP contribution in [-0.2, 0) is 10.8 Å². The van der Waals surface area contributed by atoms with Gasteiger partial charge in [-0.3, -0.25) is 0 Å². The highest BCUT2D eigenvalue weighted by Crippen LogP contribution is 2.45. The van der Waals surface area contributed by atoms with Crippen LogP contribution in [0.1, 0.15) is 64.7 Å². The topological polar surface area (TPSA) is 9.23 Å². The minimum absolute atomic E-state index is 0.0465. The van der Waals surface area contributed by atoms with Crippen molar-refractivity contribution < 1.29 is 4.74 Å². The van der Waals surface area contributed by atoms with E-state index in [0.29, 0.717) is 0 Å². The number of hydrogen-bond acceptors (Lipinski definition) is 1. The molecule has 0 amide bonds. The largest absolute Gasteiger partial charge is 0.496 e. The monoisotopic (exact) mass is 298 g/mol. The van der Waals surface area contributed by atoms with Gasteiger partial charge in [0.05, 0.1) is 7.11 Å². The predicted molar refractivity (Wildman–Crippen MR) is 95.9 cm³/mol. The van der Waals surface area contributed by atoms with Crippen molar-refractivity contribution in [2.75, 3.05) is 7.11 Å². The fourth-order valence-corrected chi connectivity index (χ4v) is 3.26. The number of allylic oxidation sites excluding steroid dienone is 4. The molecule has 2 rings (SSSR count). The third kappa shape index (κ3) is 2.99. The summed E-state index contributed by atoms with van der Waals surface area (Å²) in [6.07, 6.45) is 5.76. The maximum atomic E-state index is 5.88. The summed E-state index contributed by atoms with van der Waals surface area (Å²) in [6, 6.07) is 4.55. The summed E-state index contributed by atoms with van der Waals surface area (Å²) in [6.45, 7) is 15.7. The van der Waals surface area contributed by atoms with Gasteiger partial charge in [-0.05, 0) is 31.3 Å². The summed E-state index contributed by atoms with van der Waals surface area (Å²) in [5.41, 5.74) is 6.73. The van der Waals surface area contributed by atoms with E-state index in [4.69, 9.17) is 4.74 Å². The molecule has 0 aromatic heterocycles. The fourth-order valence-electron chi connectivity index (χ4n) is 3.26. The molecule has 0 heterocycles. The standard InChI is InChI=1S/C21H30O/c1-14-9-10-16(11-14)21(6,7)18-13-15(2)12-17(19(18)22-8)20(3,4)5/h10-13H,9H2,1-8H3. The first-order valence-electron chi connectivity index (χ1n) is 8.14. The van der Waals surface area contributed by atoms with Crippen LogP contribution in [0.4, 0.5) is 0 Å². The van der Waals surface area contributed by atoms with Crippen molar-refractivity contribution in [3.05, 3.63) is 52.1 Å². The molecular formula is C21H30O. The fraction of sp³-hybridized carbons (Fsp3) is 0.524. The van der Waals surface area contributed by atoms with Crippen molar-refractivity contribution >= 4 is 0 Å². The summed E-state index contributed by atoms with van der Waals surface area (Å²) in [5.74, 6) is 1.04. The molecule has 1 aliphatic carbocycles. The molecule has 120 valence electrons. The van der Waals surface area contributed by atoms with Crippen LogP contribution in [0.5, 0.6) is 5.75 Å². The maximum Gasteiger partial charge on any atom is 0.126 e. The van der Waals surface area contributed by atoms with Crippen LogP contribution in [0.3, 0.4) is 0 Å². The van der Waals surface area contributed by atoms with Gasteiger partial charge in [-0.1, -0.05) is 70.0 Å². The minimum atomic E-state index is -0.0465. The van der Waals surface area contributed by atoms with Gasteiger partial charge in [0.15, 0.2) is 0 Å². The lowest BCUT2D eigenvalue weighted by Gasteiger charge is -2.32. The van der Waals surface area contributed by atoms with E-state index in [1.807, 2.05) is 0 Å². The van der Waals surface area contributed by atoms with Crippen molar-refractivity contribution in [1.29, 1.82) is 0 Å². The normalized spacial score (nSPS) is 15.6. The lowest BCUT2D eigenvalue weighted by Crippen LogP contribution is -2.23. The van der Waals surface area contributed by atoms with E-state index in [-0.39, 0.29) is 10.8 Å². The van der Waals surface area contributed by atoms with Crippen molar-refractivity contribution in [2.45, 2.75) is 65.7 Å².